The molecule has 4 nitrogen and oxygen atoms in total. The Morgan fingerprint density at radius 2 is 1.83 bits per heavy atom. The van der Waals surface area contributed by atoms with Crippen LogP contribution in [0.2, 0.25) is 0 Å². The van der Waals surface area contributed by atoms with Crippen molar-refractivity contribution in [1.29, 1.82) is 0 Å². The van der Waals surface area contributed by atoms with E-state index in [2.05, 4.69) is 0 Å². The van der Waals surface area contributed by atoms with E-state index in [0.717, 1.165) is 41.4 Å². The molecule has 1 aliphatic heterocycles. The van der Waals surface area contributed by atoms with Gasteiger partial charge in [-0.3, -0.25) is 9.78 Å². The number of morpholine rings is 1. The van der Waals surface area contributed by atoms with Crippen molar-refractivity contribution in [2.75, 3.05) is 26.3 Å². The Kier molecular flexibility index (Phi) is 4.00. The molecular formula is C19H22N2O2. The number of pyridine rings is 1. The second-order valence-corrected chi connectivity index (χ2v) is 6.39. The maximum absolute atomic E-state index is 13.2. The standard InChI is InChI=1S/C19H22N2O2/c22-19(21-10-12-23-13-11-21)18-14-6-2-1-3-8-16(14)20-17-9-5-4-7-15(17)18/h4-5,7,9H,1-3,6,8,10-13H2. The summed E-state index contributed by atoms with van der Waals surface area (Å²) in [5.41, 5.74) is 4.18. The number of hydrogen-bond donors (Lipinski definition) is 0. The topological polar surface area (TPSA) is 42.4 Å². The molecule has 1 aromatic heterocycles. The zero-order valence-electron chi connectivity index (χ0n) is 13.4. The summed E-state index contributed by atoms with van der Waals surface area (Å²) < 4.78 is 5.40. The first-order chi connectivity index (χ1) is 11.3. The van der Waals surface area contributed by atoms with Gasteiger partial charge in [0.2, 0.25) is 0 Å². The molecule has 0 radical (unpaired) electrons. The maximum atomic E-state index is 13.2. The van der Waals surface area contributed by atoms with Gasteiger partial charge < -0.3 is 9.64 Å². The quantitative estimate of drug-likeness (QED) is 0.761. The van der Waals surface area contributed by atoms with Crippen LogP contribution in [0.3, 0.4) is 0 Å². The first kappa shape index (κ1) is 14.6. The van der Waals surface area contributed by atoms with Gasteiger partial charge in [0.05, 0.1) is 24.3 Å². The van der Waals surface area contributed by atoms with Crippen molar-refractivity contribution in [1.82, 2.24) is 9.88 Å². The highest BCUT2D eigenvalue weighted by Crippen LogP contribution is 2.29. The first-order valence-electron chi connectivity index (χ1n) is 8.62. The van der Waals surface area contributed by atoms with Gasteiger partial charge in [-0.25, -0.2) is 0 Å². The van der Waals surface area contributed by atoms with Crippen molar-refractivity contribution in [3.63, 3.8) is 0 Å². The minimum absolute atomic E-state index is 0.157. The lowest BCUT2D eigenvalue weighted by Crippen LogP contribution is -2.41. The Labute approximate surface area is 136 Å². The van der Waals surface area contributed by atoms with Crippen LogP contribution in [0.1, 0.15) is 40.9 Å². The van der Waals surface area contributed by atoms with Crippen LogP contribution in [0.25, 0.3) is 10.9 Å². The third-order valence-electron chi connectivity index (χ3n) is 4.93. The number of ether oxygens (including phenoxy) is 1. The highest BCUT2D eigenvalue weighted by atomic mass is 16.5. The van der Waals surface area contributed by atoms with Crippen LogP contribution in [0.5, 0.6) is 0 Å². The predicted molar refractivity (Wildman–Crippen MR) is 89.7 cm³/mol. The van der Waals surface area contributed by atoms with Gasteiger partial charge >= 0.3 is 0 Å². The molecule has 23 heavy (non-hydrogen) atoms. The van der Waals surface area contributed by atoms with Crippen molar-refractivity contribution >= 4 is 16.8 Å². The fourth-order valence-electron chi connectivity index (χ4n) is 3.72. The van der Waals surface area contributed by atoms with Gasteiger partial charge in [-0.1, -0.05) is 24.6 Å². The van der Waals surface area contributed by atoms with Gasteiger partial charge in [-0.15, -0.1) is 0 Å². The molecule has 2 aromatic rings. The summed E-state index contributed by atoms with van der Waals surface area (Å²) in [6.45, 7) is 2.64. The van der Waals surface area contributed by atoms with E-state index in [9.17, 15) is 4.79 Å². The molecular weight excluding hydrogens is 288 g/mol. The van der Waals surface area contributed by atoms with Crippen molar-refractivity contribution in [2.45, 2.75) is 32.1 Å². The van der Waals surface area contributed by atoms with E-state index < -0.39 is 0 Å². The van der Waals surface area contributed by atoms with Gasteiger partial charge in [-0.2, -0.15) is 0 Å². The minimum atomic E-state index is 0.157. The largest absolute Gasteiger partial charge is 0.378 e. The van der Waals surface area contributed by atoms with E-state index in [0.29, 0.717) is 26.3 Å². The molecule has 1 amide bonds. The zero-order valence-corrected chi connectivity index (χ0v) is 13.4. The molecule has 2 aliphatic rings. The van der Waals surface area contributed by atoms with Crippen LogP contribution in [0.4, 0.5) is 0 Å². The van der Waals surface area contributed by atoms with Crippen molar-refractivity contribution < 1.29 is 9.53 Å². The predicted octanol–water partition coefficient (Wildman–Crippen LogP) is 2.98. The lowest BCUT2D eigenvalue weighted by Gasteiger charge is -2.28. The third-order valence-corrected chi connectivity index (χ3v) is 4.93. The fourth-order valence-corrected chi connectivity index (χ4v) is 3.72. The highest BCUT2D eigenvalue weighted by Gasteiger charge is 2.26. The molecule has 0 atom stereocenters. The van der Waals surface area contributed by atoms with E-state index in [-0.39, 0.29) is 5.91 Å². The number of rotatable bonds is 1. The van der Waals surface area contributed by atoms with Crippen LogP contribution in [-0.2, 0) is 17.6 Å². The van der Waals surface area contributed by atoms with Gasteiger partial charge in [0.25, 0.3) is 5.91 Å². The van der Waals surface area contributed by atoms with Crippen LogP contribution in [0, 0.1) is 0 Å². The minimum Gasteiger partial charge on any atom is -0.378 e. The summed E-state index contributed by atoms with van der Waals surface area (Å²) in [5, 5.41) is 1.00. The normalized spacial score (nSPS) is 18.5. The molecule has 1 fully saturated rings. The number of para-hydroxylation sites is 1. The number of fused-ring (bicyclic) bond motifs is 2. The molecule has 2 heterocycles. The highest BCUT2D eigenvalue weighted by molar-refractivity contribution is 6.07. The second-order valence-electron chi connectivity index (χ2n) is 6.39. The number of aromatic nitrogens is 1. The summed E-state index contributed by atoms with van der Waals surface area (Å²) in [6, 6.07) is 8.07. The number of nitrogens with zero attached hydrogens (tertiary/aromatic N) is 2. The van der Waals surface area contributed by atoms with Gasteiger partial charge in [0.1, 0.15) is 0 Å². The van der Waals surface area contributed by atoms with E-state index in [1.54, 1.807) is 0 Å². The number of hydrogen-bond acceptors (Lipinski definition) is 3. The molecule has 4 rings (SSSR count). The number of benzene rings is 1. The molecule has 0 N–H and O–H groups in total. The smallest absolute Gasteiger partial charge is 0.255 e. The van der Waals surface area contributed by atoms with Crippen LogP contribution in [-0.4, -0.2) is 42.1 Å². The van der Waals surface area contributed by atoms with E-state index in [4.69, 9.17) is 9.72 Å². The molecule has 120 valence electrons. The molecule has 1 aliphatic carbocycles. The van der Waals surface area contributed by atoms with Crippen molar-refractivity contribution in [3.05, 3.63) is 41.1 Å². The number of amides is 1. The monoisotopic (exact) mass is 310 g/mol. The van der Waals surface area contributed by atoms with Crippen LogP contribution in [0.15, 0.2) is 24.3 Å². The van der Waals surface area contributed by atoms with E-state index in [1.165, 1.54) is 18.4 Å². The van der Waals surface area contributed by atoms with Crippen molar-refractivity contribution in [3.8, 4) is 0 Å². The van der Waals surface area contributed by atoms with Crippen molar-refractivity contribution in [2.24, 2.45) is 0 Å². The molecule has 1 aromatic carbocycles. The number of carbonyl (C=O) groups is 1. The molecule has 0 saturated carbocycles. The Balaban J connectivity index is 1.88. The maximum Gasteiger partial charge on any atom is 0.255 e. The van der Waals surface area contributed by atoms with Crippen LogP contribution >= 0.6 is 0 Å². The van der Waals surface area contributed by atoms with Gasteiger partial charge in [-0.05, 0) is 37.3 Å². The average Bonchev–Trinajstić information content (AvgIpc) is 2.85. The molecule has 1 saturated heterocycles. The Morgan fingerprint density at radius 3 is 2.70 bits per heavy atom. The third kappa shape index (κ3) is 2.72. The average molecular weight is 310 g/mol. The fraction of sp³-hybridized carbons (Fsp3) is 0.474. The lowest BCUT2D eigenvalue weighted by atomic mass is 9.96. The summed E-state index contributed by atoms with van der Waals surface area (Å²) in [7, 11) is 0. The lowest BCUT2D eigenvalue weighted by molar-refractivity contribution is 0.0303. The Bertz CT molecular complexity index is 735. The molecule has 4 heteroatoms. The summed E-state index contributed by atoms with van der Waals surface area (Å²) in [5.74, 6) is 0.157. The van der Waals surface area contributed by atoms with Gasteiger partial charge in [0.15, 0.2) is 0 Å². The summed E-state index contributed by atoms with van der Waals surface area (Å²) in [6.07, 6.45) is 5.50. The molecule has 0 bridgehead atoms. The number of carbonyl (C=O) groups excluding carboxylic acids is 1. The van der Waals surface area contributed by atoms with Crippen LogP contribution < -0.4 is 0 Å². The zero-order chi connectivity index (χ0) is 15.6. The summed E-state index contributed by atoms with van der Waals surface area (Å²) >= 11 is 0. The van der Waals surface area contributed by atoms with E-state index >= 15 is 0 Å². The van der Waals surface area contributed by atoms with Gasteiger partial charge in [0, 0.05) is 24.2 Å². The molecule has 0 spiro atoms. The second kappa shape index (κ2) is 6.28. The number of aryl methyl sites for hydroxylation is 1. The molecule has 0 unspecified atom stereocenters. The summed E-state index contributed by atoms with van der Waals surface area (Å²) in [4.78, 5) is 20.0. The first-order valence-corrected chi connectivity index (χ1v) is 8.62. The Morgan fingerprint density at radius 1 is 1.04 bits per heavy atom. The SMILES string of the molecule is O=C(c1c2c(nc3ccccc13)CCCCC2)N1CCOCC1. The van der Waals surface area contributed by atoms with E-state index in [1.807, 2.05) is 29.2 Å². The Hall–Kier alpha value is -1.94.